The van der Waals surface area contributed by atoms with Crippen molar-refractivity contribution in [3.63, 3.8) is 0 Å². The van der Waals surface area contributed by atoms with Crippen molar-refractivity contribution in [3.8, 4) is 0 Å². The second kappa shape index (κ2) is 9.49. The van der Waals surface area contributed by atoms with Gasteiger partial charge in [-0.1, -0.05) is 37.3 Å². The first-order valence-corrected chi connectivity index (χ1v) is 10.5. The molecule has 0 radical (unpaired) electrons. The van der Waals surface area contributed by atoms with Crippen molar-refractivity contribution >= 4 is 29.8 Å². The van der Waals surface area contributed by atoms with Gasteiger partial charge in [0, 0.05) is 20.4 Å². The van der Waals surface area contributed by atoms with E-state index in [2.05, 4.69) is 0 Å². The first-order chi connectivity index (χ1) is 13.9. The van der Waals surface area contributed by atoms with E-state index in [1.165, 1.54) is 25.6 Å². The third-order valence-corrected chi connectivity index (χ3v) is 5.78. The van der Waals surface area contributed by atoms with Crippen LogP contribution in [-0.4, -0.2) is 65.1 Å². The molecule has 5 atom stereocenters. The van der Waals surface area contributed by atoms with Crippen LogP contribution in [0.2, 0.25) is 0 Å². The topological polar surface area (TPSA) is 91.4 Å². The molecule has 0 spiro atoms. The van der Waals surface area contributed by atoms with Gasteiger partial charge in [0.25, 0.3) is 0 Å². The van der Waals surface area contributed by atoms with Crippen molar-refractivity contribution < 1.29 is 33.3 Å². The van der Waals surface area contributed by atoms with Crippen molar-refractivity contribution in [2.24, 2.45) is 0 Å². The van der Waals surface area contributed by atoms with Crippen LogP contribution in [-0.2, 0) is 35.1 Å². The fourth-order valence-corrected chi connectivity index (χ4v) is 4.63. The minimum Gasteiger partial charge on any atom is -0.463 e. The standard InChI is InChI=1S/C20H25NO7S/c1-4-29-19-16-18(17(26-13(3)23)15(27-19)11-25-12(2)22)28-20(24)21(16)10-14-8-6-5-7-9-14/h5-9,15-19H,4,10-11H2,1-3H3/t15-,16-,17-,18-,19+/m1/s1. The minimum atomic E-state index is -0.865. The summed E-state index contributed by atoms with van der Waals surface area (Å²) in [6.45, 7) is 4.83. The maximum atomic E-state index is 12.7. The summed E-state index contributed by atoms with van der Waals surface area (Å²) in [5, 5.41) is 0. The Morgan fingerprint density at radius 2 is 1.90 bits per heavy atom. The average Bonchev–Trinajstić information content (AvgIpc) is 2.99. The Kier molecular flexibility index (Phi) is 7.02. The van der Waals surface area contributed by atoms with Crippen LogP contribution in [0.3, 0.4) is 0 Å². The molecule has 0 bridgehead atoms. The molecule has 2 aliphatic heterocycles. The van der Waals surface area contributed by atoms with Gasteiger partial charge in [-0.05, 0) is 11.3 Å². The van der Waals surface area contributed by atoms with Crippen LogP contribution in [0.5, 0.6) is 0 Å². The van der Waals surface area contributed by atoms with E-state index in [9.17, 15) is 14.4 Å². The van der Waals surface area contributed by atoms with Crippen molar-refractivity contribution in [1.82, 2.24) is 4.90 Å². The maximum Gasteiger partial charge on any atom is 0.411 e. The van der Waals surface area contributed by atoms with Crippen molar-refractivity contribution in [2.75, 3.05) is 12.4 Å². The highest BCUT2D eigenvalue weighted by Gasteiger charge is 2.57. The number of rotatable bonds is 7. The lowest BCUT2D eigenvalue weighted by molar-refractivity contribution is -0.196. The fourth-order valence-electron chi connectivity index (χ4n) is 3.58. The number of benzene rings is 1. The molecule has 2 saturated heterocycles. The smallest absolute Gasteiger partial charge is 0.411 e. The highest BCUT2D eigenvalue weighted by Crippen LogP contribution is 2.39. The van der Waals surface area contributed by atoms with Crippen LogP contribution < -0.4 is 0 Å². The molecule has 0 aliphatic carbocycles. The van der Waals surface area contributed by atoms with E-state index in [4.69, 9.17) is 18.9 Å². The summed E-state index contributed by atoms with van der Waals surface area (Å²) in [5.41, 5.74) is 0.545. The summed E-state index contributed by atoms with van der Waals surface area (Å²) in [6.07, 6.45) is -2.79. The summed E-state index contributed by atoms with van der Waals surface area (Å²) in [5.74, 6) is -0.241. The van der Waals surface area contributed by atoms with Gasteiger partial charge in [-0.3, -0.25) is 14.5 Å². The molecule has 0 aromatic heterocycles. The number of thioether (sulfide) groups is 1. The largest absolute Gasteiger partial charge is 0.463 e. The van der Waals surface area contributed by atoms with Crippen molar-refractivity contribution in [3.05, 3.63) is 35.9 Å². The van der Waals surface area contributed by atoms with E-state index < -0.39 is 47.8 Å². The van der Waals surface area contributed by atoms with Gasteiger partial charge < -0.3 is 18.9 Å². The summed E-state index contributed by atoms with van der Waals surface area (Å²) in [4.78, 5) is 37.3. The molecule has 1 amide bonds. The molecule has 2 fully saturated rings. The number of fused-ring (bicyclic) bond motifs is 1. The van der Waals surface area contributed by atoms with E-state index in [0.717, 1.165) is 11.3 Å². The normalized spacial score (nSPS) is 28.4. The SMILES string of the molecule is CCS[C@@H]1O[C@H](COC(C)=O)[C@@H](OC(C)=O)[C@@H]2OC(=O)N(Cc3ccccc3)[C@H]21. The molecular weight excluding hydrogens is 398 g/mol. The highest BCUT2D eigenvalue weighted by atomic mass is 32.2. The van der Waals surface area contributed by atoms with E-state index >= 15 is 0 Å². The first kappa shape index (κ1) is 21.4. The molecule has 9 heteroatoms. The second-order valence-corrected chi connectivity index (χ2v) is 8.20. The summed E-state index contributed by atoms with van der Waals surface area (Å²) >= 11 is 1.53. The Balaban J connectivity index is 1.88. The molecule has 2 aliphatic rings. The van der Waals surface area contributed by atoms with E-state index in [-0.39, 0.29) is 6.61 Å². The van der Waals surface area contributed by atoms with Gasteiger partial charge in [0.05, 0.1) is 0 Å². The molecule has 8 nitrogen and oxygen atoms in total. The fraction of sp³-hybridized carbons (Fsp3) is 0.550. The molecule has 2 heterocycles. The number of carbonyl (C=O) groups is 3. The third kappa shape index (κ3) is 5.02. The number of ether oxygens (including phenoxy) is 4. The Bertz CT molecular complexity index is 744. The van der Waals surface area contributed by atoms with Gasteiger partial charge in [0.2, 0.25) is 0 Å². The molecule has 0 unspecified atom stereocenters. The second-order valence-electron chi connectivity index (χ2n) is 6.83. The summed E-state index contributed by atoms with van der Waals surface area (Å²) in [7, 11) is 0. The lowest BCUT2D eigenvalue weighted by Crippen LogP contribution is -2.60. The monoisotopic (exact) mass is 423 g/mol. The van der Waals surface area contributed by atoms with Gasteiger partial charge in [-0.15, -0.1) is 11.8 Å². The third-order valence-electron chi connectivity index (χ3n) is 4.73. The quantitative estimate of drug-likeness (QED) is 0.488. The van der Waals surface area contributed by atoms with Crippen LogP contribution in [0.4, 0.5) is 4.79 Å². The number of carbonyl (C=O) groups excluding carboxylic acids is 3. The molecule has 0 N–H and O–H groups in total. The Morgan fingerprint density at radius 3 is 2.52 bits per heavy atom. The lowest BCUT2D eigenvalue weighted by atomic mass is 9.97. The summed E-state index contributed by atoms with van der Waals surface area (Å²) < 4.78 is 22.4. The molecule has 1 aromatic carbocycles. The van der Waals surface area contributed by atoms with Gasteiger partial charge >= 0.3 is 18.0 Å². The lowest BCUT2D eigenvalue weighted by Gasteiger charge is -2.42. The molecular formula is C20H25NO7S. The number of amides is 1. The Morgan fingerprint density at radius 1 is 1.17 bits per heavy atom. The van der Waals surface area contributed by atoms with Gasteiger partial charge in [0.15, 0.2) is 12.2 Å². The van der Waals surface area contributed by atoms with E-state index in [1.807, 2.05) is 37.3 Å². The van der Waals surface area contributed by atoms with Crippen molar-refractivity contribution in [1.29, 1.82) is 0 Å². The van der Waals surface area contributed by atoms with Crippen LogP contribution >= 0.6 is 11.8 Å². The molecule has 3 rings (SSSR count). The van der Waals surface area contributed by atoms with Crippen LogP contribution in [0.25, 0.3) is 0 Å². The number of esters is 2. The van der Waals surface area contributed by atoms with Crippen LogP contribution in [0, 0.1) is 0 Å². The zero-order valence-corrected chi connectivity index (χ0v) is 17.4. The van der Waals surface area contributed by atoms with Gasteiger partial charge in [0.1, 0.15) is 24.2 Å². The van der Waals surface area contributed by atoms with Crippen LogP contribution in [0.15, 0.2) is 30.3 Å². The van der Waals surface area contributed by atoms with Gasteiger partial charge in [-0.2, -0.15) is 0 Å². The summed E-state index contributed by atoms with van der Waals surface area (Å²) in [6, 6.07) is 9.13. The van der Waals surface area contributed by atoms with E-state index in [0.29, 0.717) is 6.54 Å². The van der Waals surface area contributed by atoms with Crippen molar-refractivity contribution in [2.45, 2.75) is 57.1 Å². The maximum absolute atomic E-state index is 12.7. The highest BCUT2D eigenvalue weighted by molar-refractivity contribution is 7.99. The van der Waals surface area contributed by atoms with Gasteiger partial charge in [-0.25, -0.2) is 4.79 Å². The molecule has 1 aromatic rings. The first-order valence-electron chi connectivity index (χ1n) is 9.49. The predicted octanol–water partition coefficient (Wildman–Crippen LogP) is 2.35. The Labute approximate surface area is 173 Å². The number of hydrogen-bond acceptors (Lipinski definition) is 8. The molecule has 0 saturated carbocycles. The van der Waals surface area contributed by atoms with Crippen LogP contribution in [0.1, 0.15) is 26.3 Å². The van der Waals surface area contributed by atoms with E-state index in [1.54, 1.807) is 4.90 Å². The minimum absolute atomic E-state index is 0.0898. The predicted molar refractivity (Wildman–Crippen MR) is 105 cm³/mol. The average molecular weight is 423 g/mol. The molecule has 29 heavy (non-hydrogen) atoms. The Hall–Kier alpha value is -2.26. The zero-order chi connectivity index (χ0) is 21.0. The zero-order valence-electron chi connectivity index (χ0n) is 16.6. The number of hydrogen-bond donors (Lipinski definition) is 0. The number of nitrogens with zero attached hydrogens (tertiary/aromatic N) is 1. The molecule has 158 valence electrons.